The zero-order valence-electron chi connectivity index (χ0n) is 9.80. The van der Waals surface area contributed by atoms with Gasteiger partial charge in [0.15, 0.2) is 0 Å². The molecule has 1 aromatic rings. The van der Waals surface area contributed by atoms with Crippen LogP contribution in [0.1, 0.15) is 39.0 Å². The number of nitrogens with zero attached hydrogens (tertiary/aromatic N) is 2. The number of carboxylic acids is 1. The van der Waals surface area contributed by atoms with E-state index in [0.29, 0.717) is 0 Å². The second-order valence-corrected chi connectivity index (χ2v) is 4.24. The quantitative estimate of drug-likeness (QED) is 0.690. The van der Waals surface area contributed by atoms with E-state index in [1.165, 1.54) is 0 Å². The van der Waals surface area contributed by atoms with Crippen molar-refractivity contribution in [3.8, 4) is 0 Å². The predicted molar refractivity (Wildman–Crippen MR) is 62.1 cm³/mol. The van der Waals surface area contributed by atoms with Gasteiger partial charge in [0.2, 0.25) is 0 Å². The van der Waals surface area contributed by atoms with E-state index >= 15 is 0 Å². The number of aryl methyl sites for hydroxylation is 1. The average molecular weight is 224 g/mol. The van der Waals surface area contributed by atoms with Crippen molar-refractivity contribution in [1.29, 1.82) is 0 Å². The maximum Gasteiger partial charge on any atom is 0.306 e. The summed E-state index contributed by atoms with van der Waals surface area (Å²) in [5, 5.41) is 8.70. The van der Waals surface area contributed by atoms with Gasteiger partial charge in [0, 0.05) is 18.9 Å². The van der Waals surface area contributed by atoms with Crippen molar-refractivity contribution in [3.05, 3.63) is 18.7 Å². The minimum atomic E-state index is -0.682. The first-order valence-electron chi connectivity index (χ1n) is 5.88. The molecule has 16 heavy (non-hydrogen) atoms. The number of rotatable bonds is 8. The van der Waals surface area contributed by atoms with Crippen LogP contribution in [0.5, 0.6) is 0 Å². The van der Waals surface area contributed by atoms with Crippen LogP contribution in [0.25, 0.3) is 0 Å². The second kappa shape index (κ2) is 7.04. The second-order valence-electron chi connectivity index (χ2n) is 4.24. The molecule has 4 heteroatoms. The van der Waals surface area contributed by atoms with Gasteiger partial charge in [-0.3, -0.25) is 4.79 Å². The molecule has 0 bridgehead atoms. The molecule has 0 saturated heterocycles. The normalized spacial score (nSPS) is 12.6. The highest BCUT2D eigenvalue weighted by Crippen LogP contribution is 2.10. The Bertz CT molecular complexity index is 296. The van der Waals surface area contributed by atoms with E-state index in [9.17, 15) is 4.79 Å². The SMILES string of the molecule is C[C@@H](CCCCCCn1ccnc1)C(=O)O. The number of aliphatic carboxylic acids is 1. The van der Waals surface area contributed by atoms with E-state index in [-0.39, 0.29) is 5.92 Å². The fourth-order valence-corrected chi connectivity index (χ4v) is 1.64. The number of unbranched alkanes of at least 4 members (excludes halogenated alkanes) is 3. The van der Waals surface area contributed by atoms with Crippen LogP contribution in [0.4, 0.5) is 0 Å². The Morgan fingerprint density at radius 2 is 2.12 bits per heavy atom. The van der Waals surface area contributed by atoms with Crippen molar-refractivity contribution in [1.82, 2.24) is 9.55 Å². The van der Waals surface area contributed by atoms with Crippen LogP contribution in [-0.2, 0) is 11.3 Å². The van der Waals surface area contributed by atoms with Crippen LogP contribution in [0, 0.1) is 5.92 Å². The Hall–Kier alpha value is -1.32. The Balaban J connectivity index is 1.94. The van der Waals surface area contributed by atoms with Gasteiger partial charge < -0.3 is 9.67 Å². The lowest BCUT2D eigenvalue weighted by molar-refractivity contribution is -0.141. The number of imidazole rings is 1. The molecule has 0 unspecified atom stereocenters. The number of aromatic nitrogens is 2. The molecule has 0 aliphatic rings. The van der Waals surface area contributed by atoms with Gasteiger partial charge in [-0.05, 0) is 12.8 Å². The lowest BCUT2D eigenvalue weighted by atomic mass is 10.0. The molecule has 0 aliphatic carbocycles. The van der Waals surface area contributed by atoms with E-state index in [2.05, 4.69) is 9.55 Å². The molecular formula is C12H20N2O2. The van der Waals surface area contributed by atoms with E-state index in [0.717, 1.165) is 38.6 Å². The van der Waals surface area contributed by atoms with Gasteiger partial charge in [-0.15, -0.1) is 0 Å². The van der Waals surface area contributed by atoms with Crippen molar-refractivity contribution in [2.75, 3.05) is 0 Å². The predicted octanol–water partition coefficient (Wildman–Crippen LogP) is 2.55. The summed E-state index contributed by atoms with van der Waals surface area (Å²) in [6, 6.07) is 0. The maximum absolute atomic E-state index is 10.6. The summed E-state index contributed by atoms with van der Waals surface area (Å²) in [6.07, 6.45) is 10.8. The molecule has 1 rings (SSSR count). The molecule has 0 aromatic carbocycles. The lowest BCUT2D eigenvalue weighted by Crippen LogP contribution is -2.08. The lowest BCUT2D eigenvalue weighted by Gasteiger charge is -2.05. The summed E-state index contributed by atoms with van der Waals surface area (Å²) < 4.78 is 2.07. The standard InChI is InChI=1S/C12H20N2O2/c1-11(12(15)16)6-4-2-3-5-8-14-9-7-13-10-14/h7,9-11H,2-6,8H2,1H3,(H,15,16)/t11-/m0/s1. The third-order valence-corrected chi connectivity index (χ3v) is 2.78. The van der Waals surface area contributed by atoms with Gasteiger partial charge in [0.1, 0.15) is 0 Å². The van der Waals surface area contributed by atoms with E-state index in [1.807, 2.05) is 12.5 Å². The minimum absolute atomic E-state index is 0.200. The summed E-state index contributed by atoms with van der Waals surface area (Å²) in [5.41, 5.74) is 0. The summed E-state index contributed by atoms with van der Waals surface area (Å²) in [6.45, 7) is 2.78. The molecule has 90 valence electrons. The van der Waals surface area contributed by atoms with Gasteiger partial charge in [-0.2, -0.15) is 0 Å². The molecule has 0 aliphatic heterocycles. The van der Waals surface area contributed by atoms with Crippen LogP contribution in [0.3, 0.4) is 0 Å². The van der Waals surface area contributed by atoms with E-state index < -0.39 is 5.97 Å². The number of hydrogen-bond donors (Lipinski definition) is 1. The van der Waals surface area contributed by atoms with Gasteiger partial charge >= 0.3 is 5.97 Å². The van der Waals surface area contributed by atoms with E-state index in [4.69, 9.17) is 5.11 Å². The Kier molecular flexibility index (Phi) is 5.61. The van der Waals surface area contributed by atoms with Crippen LogP contribution in [0.15, 0.2) is 18.7 Å². The third kappa shape index (κ3) is 4.96. The van der Waals surface area contributed by atoms with Crippen molar-refractivity contribution >= 4 is 5.97 Å². The largest absolute Gasteiger partial charge is 0.481 e. The zero-order valence-corrected chi connectivity index (χ0v) is 9.80. The van der Waals surface area contributed by atoms with Gasteiger partial charge in [0.25, 0.3) is 0 Å². The molecule has 1 atom stereocenters. The van der Waals surface area contributed by atoms with Gasteiger partial charge in [-0.1, -0.05) is 26.2 Å². The van der Waals surface area contributed by atoms with Gasteiger partial charge in [0.05, 0.1) is 12.2 Å². The summed E-state index contributed by atoms with van der Waals surface area (Å²) in [4.78, 5) is 14.5. The van der Waals surface area contributed by atoms with Crippen LogP contribution in [0.2, 0.25) is 0 Å². The highest BCUT2D eigenvalue weighted by molar-refractivity contribution is 5.69. The molecule has 0 amide bonds. The molecule has 1 aromatic heterocycles. The van der Waals surface area contributed by atoms with Crippen molar-refractivity contribution in [3.63, 3.8) is 0 Å². The van der Waals surface area contributed by atoms with E-state index in [1.54, 1.807) is 13.1 Å². The third-order valence-electron chi connectivity index (χ3n) is 2.78. The summed E-state index contributed by atoms with van der Waals surface area (Å²) in [5.74, 6) is -0.882. The Labute approximate surface area is 96.3 Å². The number of hydrogen-bond acceptors (Lipinski definition) is 2. The molecule has 1 N–H and O–H groups in total. The Morgan fingerprint density at radius 3 is 2.75 bits per heavy atom. The maximum atomic E-state index is 10.6. The number of carboxylic acid groups (broad SMARTS) is 1. The molecular weight excluding hydrogens is 204 g/mol. The minimum Gasteiger partial charge on any atom is -0.481 e. The topological polar surface area (TPSA) is 55.1 Å². The molecule has 1 heterocycles. The molecule has 0 fully saturated rings. The van der Waals surface area contributed by atoms with Crippen LogP contribution in [-0.4, -0.2) is 20.6 Å². The molecule has 0 radical (unpaired) electrons. The summed E-state index contributed by atoms with van der Waals surface area (Å²) in [7, 11) is 0. The Morgan fingerprint density at radius 1 is 1.38 bits per heavy atom. The highest BCUT2D eigenvalue weighted by atomic mass is 16.4. The first-order chi connectivity index (χ1) is 7.70. The van der Waals surface area contributed by atoms with Crippen molar-refractivity contribution in [2.45, 2.75) is 45.6 Å². The van der Waals surface area contributed by atoms with Crippen molar-refractivity contribution < 1.29 is 9.90 Å². The fourth-order valence-electron chi connectivity index (χ4n) is 1.64. The summed E-state index contributed by atoms with van der Waals surface area (Å²) >= 11 is 0. The molecule has 4 nitrogen and oxygen atoms in total. The smallest absolute Gasteiger partial charge is 0.306 e. The average Bonchev–Trinajstić information content (AvgIpc) is 2.75. The molecule has 0 saturated carbocycles. The first kappa shape index (κ1) is 12.7. The number of carbonyl (C=O) groups is 1. The fraction of sp³-hybridized carbons (Fsp3) is 0.667. The zero-order chi connectivity index (χ0) is 11.8. The van der Waals surface area contributed by atoms with Crippen LogP contribution >= 0.6 is 0 Å². The molecule has 0 spiro atoms. The highest BCUT2D eigenvalue weighted by Gasteiger charge is 2.09. The monoisotopic (exact) mass is 224 g/mol. The van der Waals surface area contributed by atoms with Gasteiger partial charge in [-0.25, -0.2) is 4.98 Å². The first-order valence-corrected chi connectivity index (χ1v) is 5.88. The van der Waals surface area contributed by atoms with Crippen molar-refractivity contribution in [2.24, 2.45) is 5.92 Å². The van der Waals surface area contributed by atoms with Crippen LogP contribution < -0.4 is 0 Å².